The van der Waals surface area contributed by atoms with E-state index in [9.17, 15) is 4.79 Å². The Hall–Kier alpha value is -1.03. The molecule has 5 heteroatoms. The van der Waals surface area contributed by atoms with E-state index in [2.05, 4.69) is 5.10 Å². The van der Waals surface area contributed by atoms with Gasteiger partial charge >= 0.3 is 0 Å². The maximum Gasteiger partial charge on any atom is 0.275 e. The molecule has 4 nitrogen and oxygen atoms in total. The molecule has 0 spiro atoms. The van der Waals surface area contributed by atoms with Crippen molar-refractivity contribution in [2.45, 2.75) is 19.8 Å². The summed E-state index contributed by atoms with van der Waals surface area (Å²) >= 11 is 6.07. The third-order valence-electron chi connectivity index (χ3n) is 3.04. The highest BCUT2D eigenvalue weighted by Crippen LogP contribution is 2.30. The second kappa shape index (κ2) is 4.09. The van der Waals surface area contributed by atoms with Crippen molar-refractivity contribution in [3.8, 4) is 0 Å². The minimum Gasteiger partial charge on any atom is -0.340 e. The number of hydrogen-bond acceptors (Lipinski definition) is 2. The monoisotopic (exact) mass is 241 g/mol. The van der Waals surface area contributed by atoms with Crippen molar-refractivity contribution >= 4 is 17.5 Å². The normalized spacial score (nSPS) is 15.2. The quantitative estimate of drug-likeness (QED) is 0.810. The molecule has 1 aliphatic rings. The lowest BCUT2D eigenvalue weighted by Crippen LogP contribution is -2.29. The topological polar surface area (TPSA) is 38.1 Å². The van der Waals surface area contributed by atoms with Gasteiger partial charge in [0.1, 0.15) is 0 Å². The van der Waals surface area contributed by atoms with Crippen molar-refractivity contribution < 1.29 is 4.79 Å². The van der Waals surface area contributed by atoms with Gasteiger partial charge in [0.25, 0.3) is 5.91 Å². The molecule has 0 saturated heterocycles. The highest BCUT2D eigenvalue weighted by molar-refractivity contribution is 6.34. The summed E-state index contributed by atoms with van der Waals surface area (Å²) < 4.78 is 1.64. The standard InChI is InChI=1S/C11H16ClN3O/c1-7-9(12)10(13-15(7)3)11(16)14(2)6-8-4-5-8/h8H,4-6H2,1-3H3. The lowest BCUT2D eigenvalue weighted by Gasteiger charge is -2.15. The minimum absolute atomic E-state index is 0.0828. The molecule has 1 aliphatic carbocycles. The zero-order chi connectivity index (χ0) is 11.9. The van der Waals surface area contributed by atoms with Crippen LogP contribution in [0.15, 0.2) is 0 Å². The van der Waals surface area contributed by atoms with Gasteiger partial charge in [-0.2, -0.15) is 5.10 Å². The van der Waals surface area contributed by atoms with E-state index in [1.54, 1.807) is 23.7 Å². The molecule has 0 N–H and O–H groups in total. The number of carbonyl (C=O) groups excluding carboxylic acids is 1. The molecule has 0 bridgehead atoms. The molecule has 0 radical (unpaired) electrons. The number of carbonyl (C=O) groups is 1. The fourth-order valence-corrected chi connectivity index (χ4v) is 1.91. The van der Waals surface area contributed by atoms with Gasteiger partial charge in [-0.15, -0.1) is 0 Å². The molecular weight excluding hydrogens is 226 g/mol. The zero-order valence-electron chi connectivity index (χ0n) is 9.83. The van der Waals surface area contributed by atoms with Gasteiger partial charge in [0, 0.05) is 20.6 Å². The van der Waals surface area contributed by atoms with E-state index in [0.29, 0.717) is 16.6 Å². The number of halogens is 1. The summed E-state index contributed by atoms with van der Waals surface area (Å²) in [5.74, 6) is 0.595. The Balaban J connectivity index is 2.15. The molecule has 1 aromatic heterocycles. The first-order valence-corrected chi connectivity index (χ1v) is 5.83. The number of amides is 1. The van der Waals surface area contributed by atoms with Crippen LogP contribution in [-0.4, -0.2) is 34.2 Å². The Morgan fingerprint density at radius 1 is 1.62 bits per heavy atom. The Kier molecular flexibility index (Phi) is 2.93. The maximum absolute atomic E-state index is 12.1. The Labute approximate surface area is 100 Å². The molecule has 0 aromatic carbocycles. The lowest BCUT2D eigenvalue weighted by molar-refractivity contribution is 0.0782. The van der Waals surface area contributed by atoms with Crippen molar-refractivity contribution in [2.75, 3.05) is 13.6 Å². The molecule has 1 aromatic rings. The number of aryl methyl sites for hydroxylation is 1. The molecule has 0 aliphatic heterocycles. The molecule has 1 saturated carbocycles. The average molecular weight is 242 g/mol. The molecule has 1 fully saturated rings. The van der Waals surface area contributed by atoms with Gasteiger partial charge in [-0.05, 0) is 25.7 Å². The summed E-state index contributed by atoms with van der Waals surface area (Å²) in [6, 6.07) is 0. The molecule has 2 rings (SSSR count). The summed E-state index contributed by atoms with van der Waals surface area (Å²) in [5.41, 5.74) is 1.19. The summed E-state index contributed by atoms with van der Waals surface area (Å²) in [6.07, 6.45) is 2.46. The van der Waals surface area contributed by atoms with Gasteiger partial charge in [0.2, 0.25) is 0 Å². The minimum atomic E-state index is -0.0828. The first-order chi connectivity index (χ1) is 7.50. The van der Waals surface area contributed by atoms with E-state index in [0.717, 1.165) is 12.2 Å². The van der Waals surface area contributed by atoms with E-state index in [1.165, 1.54) is 12.8 Å². The van der Waals surface area contributed by atoms with Crippen LogP contribution in [0.5, 0.6) is 0 Å². The van der Waals surface area contributed by atoms with Crippen LogP contribution in [0, 0.1) is 12.8 Å². The van der Waals surface area contributed by atoms with Crippen LogP contribution >= 0.6 is 11.6 Å². The number of rotatable bonds is 3. The van der Waals surface area contributed by atoms with Crippen molar-refractivity contribution in [1.29, 1.82) is 0 Å². The molecule has 1 amide bonds. The third-order valence-corrected chi connectivity index (χ3v) is 3.49. The summed E-state index contributed by atoms with van der Waals surface area (Å²) in [7, 11) is 3.60. The van der Waals surface area contributed by atoms with Crippen molar-refractivity contribution in [3.05, 3.63) is 16.4 Å². The summed E-state index contributed by atoms with van der Waals surface area (Å²) in [5, 5.41) is 4.62. The SMILES string of the molecule is Cc1c(Cl)c(C(=O)N(C)CC2CC2)nn1C. The molecule has 0 unspecified atom stereocenters. The van der Waals surface area contributed by atoms with E-state index < -0.39 is 0 Å². The van der Waals surface area contributed by atoms with Crippen LogP contribution in [-0.2, 0) is 7.05 Å². The lowest BCUT2D eigenvalue weighted by atomic mass is 10.3. The van der Waals surface area contributed by atoms with Gasteiger partial charge in [0.15, 0.2) is 5.69 Å². The highest BCUT2D eigenvalue weighted by Gasteiger charge is 2.27. The largest absolute Gasteiger partial charge is 0.340 e. The van der Waals surface area contributed by atoms with E-state index in [1.807, 2.05) is 6.92 Å². The Morgan fingerprint density at radius 3 is 2.69 bits per heavy atom. The fourth-order valence-electron chi connectivity index (χ4n) is 1.67. The maximum atomic E-state index is 12.1. The predicted octanol–water partition coefficient (Wildman–Crippen LogP) is 1.86. The third kappa shape index (κ3) is 2.07. The van der Waals surface area contributed by atoms with E-state index in [4.69, 9.17) is 11.6 Å². The molecule has 16 heavy (non-hydrogen) atoms. The molecule has 88 valence electrons. The summed E-state index contributed by atoms with van der Waals surface area (Å²) in [4.78, 5) is 13.8. The van der Waals surface area contributed by atoms with Crippen molar-refractivity contribution in [2.24, 2.45) is 13.0 Å². The van der Waals surface area contributed by atoms with E-state index >= 15 is 0 Å². The Morgan fingerprint density at radius 2 is 2.25 bits per heavy atom. The number of nitrogens with zero attached hydrogens (tertiary/aromatic N) is 3. The molecule has 1 heterocycles. The van der Waals surface area contributed by atoms with Crippen molar-refractivity contribution in [1.82, 2.24) is 14.7 Å². The van der Waals surface area contributed by atoms with Gasteiger partial charge < -0.3 is 4.90 Å². The van der Waals surface area contributed by atoms with Gasteiger partial charge in [-0.1, -0.05) is 11.6 Å². The smallest absolute Gasteiger partial charge is 0.275 e. The highest BCUT2D eigenvalue weighted by atomic mass is 35.5. The van der Waals surface area contributed by atoms with Crippen LogP contribution in [0.4, 0.5) is 0 Å². The average Bonchev–Trinajstić information content (AvgIpc) is 3.02. The second-order valence-electron chi connectivity index (χ2n) is 4.50. The van der Waals surface area contributed by atoms with Gasteiger partial charge in [-0.25, -0.2) is 0 Å². The van der Waals surface area contributed by atoms with E-state index in [-0.39, 0.29) is 5.91 Å². The van der Waals surface area contributed by atoms with Crippen LogP contribution in [0.25, 0.3) is 0 Å². The van der Waals surface area contributed by atoms with Crippen LogP contribution in [0.2, 0.25) is 5.02 Å². The first kappa shape index (κ1) is 11.5. The molecular formula is C11H16ClN3O. The van der Waals surface area contributed by atoms with Crippen LogP contribution in [0.1, 0.15) is 29.0 Å². The Bertz CT molecular complexity index is 423. The van der Waals surface area contributed by atoms with Crippen LogP contribution in [0.3, 0.4) is 0 Å². The van der Waals surface area contributed by atoms with Gasteiger partial charge in [-0.3, -0.25) is 9.48 Å². The van der Waals surface area contributed by atoms with Crippen molar-refractivity contribution in [3.63, 3.8) is 0 Å². The second-order valence-corrected chi connectivity index (χ2v) is 4.88. The number of hydrogen-bond donors (Lipinski definition) is 0. The van der Waals surface area contributed by atoms with Crippen LogP contribution < -0.4 is 0 Å². The number of aromatic nitrogens is 2. The zero-order valence-corrected chi connectivity index (χ0v) is 10.6. The predicted molar refractivity (Wildman–Crippen MR) is 62.6 cm³/mol. The first-order valence-electron chi connectivity index (χ1n) is 5.45. The summed E-state index contributed by atoms with van der Waals surface area (Å²) in [6.45, 7) is 2.66. The molecule has 0 atom stereocenters. The fraction of sp³-hybridized carbons (Fsp3) is 0.636. The van der Waals surface area contributed by atoms with Gasteiger partial charge in [0.05, 0.1) is 10.7 Å².